The van der Waals surface area contributed by atoms with Crippen LogP contribution in [-0.2, 0) is 4.79 Å². The molecule has 1 saturated heterocycles. The fourth-order valence-corrected chi connectivity index (χ4v) is 2.37. The number of hydrogen-bond donors (Lipinski definition) is 2. The largest absolute Gasteiger partial charge is 0.352 e. The second kappa shape index (κ2) is 4.94. The zero-order valence-corrected chi connectivity index (χ0v) is 11.0. The zero-order chi connectivity index (χ0) is 12.5. The molecule has 1 saturated carbocycles. The Balaban J connectivity index is 1.80. The highest BCUT2D eigenvalue weighted by atomic mass is 16.2. The van der Waals surface area contributed by atoms with Crippen molar-refractivity contribution in [2.45, 2.75) is 51.6 Å². The van der Waals surface area contributed by atoms with E-state index in [9.17, 15) is 4.79 Å². The fraction of sp³-hybridized carbons (Fsp3) is 0.923. The Hall–Kier alpha value is -0.610. The van der Waals surface area contributed by atoms with Gasteiger partial charge in [0, 0.05) is 6.04 Å². The van der Waals surface area contributed by atoms with Gasteiger partial charge in [-0.15, -0.1) is 0 Å². The average molecular weight is 239 g/mol. The number of nitrogens with one attached hydrogen (secondary N) is 1. The van der Waals surface area contributed by atoms with Crippen molar-refractivity contribution in [2.24, 2.45) is 11.1 Å². The van der Waals surface area contributed by atoms with Gasteiger partial charge in [0.1, 0.15) is 0 Å². The molecule has 1 unspecified atom stereocenters. The first-order valence-electron chi connectivity index (χ1n) is 6.78. The highest BCUT2D eigenvalue weighted by Gasteiger charge is 2.33. The number of carbonyl (C=O) groups is 1. The van der Waals surface area contributed by atoms with Crippen molar-refractivity contribution in [3.8, 4) is 0 Å². The summed E-state index contributed by atoms with van der Waals surface area (Å²) in [5.41, 5.74) is 6.08. The van der Waals surface area contributed by atoms with Crippen LogP contribution in [0.4, 0.5) is 0 Å². The van der Waals surface area contributed by atoms with E-state index in [1.165, 1.54) is 0 Å². The van der Waals surface area contributed by atoms with Crippen LogP contribution in [0.2, 0.25) is 0 Å². The van der Waals surface area contributed by atoms with E-state index in [1.807, 2.05) is 6.92 Å². The number of piperidine rings is 1. The Bertz CT molecular complexity index is 280. The Morgan fingerprint density at radius 1 is 1.47 bits per heavy atom. The van der Waals surface area contributed by atoms with Crippen molar-refractivity contribution < 1.29 is 4.79 Å². The van der Waals surface area contributed by atoms with E-state index in [0.717, 1.165) is 45.3 Å². The first-order chi connectivity index (χ1) is 8.04. The summed E-state index contributed by atoms with van der Waals surface area (Å²) in [5, 5.41) is 3.08. The van der Waals surface area contributed by atoms with E-state index < -0.39 is 0 Å². The lowest BCUT2D eigenvalue weighted by Crippen LogP contribution is -2.51. The third-order valence-electron chi connectivity index (χ3n) is 4.35. The number of nitrogens with zero attached hydrogens (tertiary/aromatic N) is 1. The van der Waals surface area contributed by atoms with Crippen LogP contribution in [0.5, 0.6) is 0 Å². The van der Waals surface area contributed by atoms with Gasteiger partial charge in [0.15, 0.2) is 0 Å². The lowest BCUT2D eigenvalue weighted by molar-refractivity contribution is -0.126. The molecule has 2 rings (SSSR count). The van der Waals surface area contributed by atoms with Crippen molar-refractivity contribution >= 4 is 5.91 Å². The van der Waals surface area contributed by atoms with Crippen LogP contribution in [0.1, 0.15) is 39.5 Å². The molecule has 0 bridgehead atoms. The van der Waals surface area contributed by atoms with Crippen molar-refractivity contribution in [2.75, 3.05) is 19.6 Å². The summed E-state index contributed by atoms with van der Waals surface area (Å²) >= 11 is 0. The maximum Gasteiger partial charge on any atom is 0.237 e. The molecular formula is C13H25N3O. The summed E-state index contributed by atoms with van der Waals surface area (Å²) in [4.78, 5) is 14.2. The highest BCUT2D eigenvalue weighted by molar-refractivity contribution is 5.81. The van der Waals surface area contributed by atoms with Crippen LogP contribution in [0, 0.1) is 5.41 Å². The van der Waals surface area contributed by atoms with Gasteiger partial charge in [-0.1, -0.05) is 6.92 Å². The highest BCUT2D eigenvalue weighted by Crippen LogP contribution is 2.30. The molecule has 2 fully saturated rings. The lowest BCUT2D eigenvalue weighted by atomic mass is 9.80. The van der Waals surface area contributed by atoms with Gasteiger partial charge in [-0.25, -0.2) is 0 Å². The molecule has 4 nitrogen and oxygen atoms in total. The smallest absolute Gasteiger partial charge is 0.237 e. The molecule has 1 atom stereocenters. The van der Waals surface area contributed by atoms with Gasteiger partial charge in [0.05, 0.1) is 6.04 Å². The average Bonchev–Trinajstić information content (AvgIpc) is 3.13. The van der Waals surface area contributed by atoms with Crippen LogP contribution >= 0.6 is 0 Å². The van der Waals surface area contributed by atoms with E-state index in [0.29, 0.717) is 6.04 Å². The molecule has 0 spiro atoms. The first kappa shape index (κ1) is 12.8. The third-order valence-corrected chi connectivity index (χ3v) is 4.35. The van der Waals surface area contributed by atoms with Crippen LogP contribution < -0.4 is 11.1 Å². The van der Waals surface area contributed by atoms with E-state index in [2.05, 4.69) is 17.1 Å². The molecule has 0 aromatic heterocycles. The molecule has 1 amide bonds. The molecular weight excluding hydrogens is 214 g/mol. The van der Waals surface area contributed by atoms with Gasteiger partial charge in [0.25, 0.3) is 0 Å². The van der Waals surface area contributed by atoms with E-state index >= 15 is 0 Å². The maximum atomic E-state index is 11.9. The van der Waals surface area contributed by atoms with Gasteiger partial charge in [-0.05, 0) is 57.7 Å². The molecule has 1 aliphatic heterocycles. The van der Waals surface area contributed by atoms with Crippen molar-refractivity contribution in [3.05, 3.63) is 0 Å². The summed E-state index contributed by atoms with van der Waals surface area (Å²) in [6.07, 6.45) is 4.52. The minimum atomic E-state index is 0.0120. The van der Waals surface area contributed by atoms with Gasteiger partial charge >= 0.3 is 0 Å². The SMILES string of the molecule is CC(C(=O)NC1CC1)N1CCC(C)(CN)CC1. The Morgan fingerprint density at radius 2 is 2.06 bits per heavy atom. The topological polar surface area (TPSA) is 58.4 Å². The first-order valence-corrected chi connectivity index (χ1v) is 6.78. The number of hydrogen-bond acceptors (Lipinski definition) is 3. The summed E-state index contributed by atoms with van der Waals surface area (Å²) in [6.45, 7) is 7.01. The van der Waals surface area contributed by atoms with Gasteiger partial charge in [0.2, 0.25) is 5.91 Å². The molecule has 2 aliphatic rings. The van der Waals surface area contributed by atoms with Crippen molar-refractivity contribution in [1.29, 1.82) is 0 Å². The minimum absolute atomic E-state index is 0.0120. The van der Waals surface area contributed by atoms with E-state index in [-0.39, 0.29) is 17.4 Å². The molecule has 4 heteroatoms. The number of nitrogens with two attached hydrogens (primary N) is 1. The van der Waals surface area contributed by atoms with Crippen LogP contribution in [0.25, 0.3) is 0 Å². The predicted molar refractivity (Wildman–Crippen MR) is 68.6 cm³/mol. The normalized spacial score (nSPS) is 26.5. The van der Waals surface area contributed by atoms with Gasteiger partial charge in [-0.3, -0.25) is 9.69 Å². The van der Waals surface area contributed by atoms with E-state index in [4.69, 9.17) is 5.73 Å². The lowest BCUT2D eigenvalue weighted by Gasteiger charge is -2.40. The van der Waals surface area contributed by atoms with Crippen LogP contribution in [0.3, 0.4) is 0 Å². The quantitative estimate of drug-likeness (QED) is 0.760. The number of likely N-dealkylation sites (tertiary alicyclic amines) is 1. The zero-order valence-electron chi connectivity index (χ0n) is 11.0. The van der Waals surface area contributed by atoms with Crippen LogP contribution in [-0.4, -0.2) is 42.5 Å². The molecule has 0 radical (unpaired) electrons. The second-order valence-corrected chi connectivity index (χ2v) is 6.01. The molecule has 17 heavy (non-hydrogen) atoms. The molecule has 0 aromatic carbocycles. The van der Waals surface area contributed by atoms with Gasteiger partial charge in [-0.2, -0.15) is 0 Å². The molecule has 1 heterocycles. The molecule has 0 aromatic rings. The Kier molecular flexibility index (Phi) is 3.73. The minimum Gasteiger partial charge on any atom is -0.352 e. The summed E-state index contributed by atoms with van der Waals surface area (Å²) in [7, 11) is 0. The third kappa shape index (κ3) is 3.19. The number of rotatable bonds is 4. The molecule has 3 N–H and O–H groups in total. The monoisotopic (exact) mass is 239 g/mol. The Labute approximate surface area is 104 Å². The predicted octanol–water partition coefficient (Wildman–Crippen LogP) is 0.714. The van der Waals surface area contributed by atoms with E-state index in [1.54, 1.807) is 0 Å². The summed E-state index contributed by atoms with van der Waals surface area (Å²) in [6, 6.07) is 0.474. The van der Waals surface area contributed by atoms with Gasteiger partial charge < -0.3 is 11.1 Å². The molecule has 98 valence electrons. The number of amides is 1. The standard InChI is InChI=1S/C13H25N3O/c1-10(12(17)15-11-3-4-11)16-7-5-13(2,9-14)6-8-16/h10-11H,3-9,14H2,1-2H3,(H,15,17). The number of carbonyl (C=O) groups excluding carboxylic acids is 1. The van der Waals surface area contributed by atoms with Crippen molar-refractivity contribution in [1.82, 2.24) is 10.2 Å². The summed E-state index contributed by atoms with van der Waals surface area (Å²) in [5.74, 6) is 0.198. The second-order valence-electron chi connectivity index (χ2n) is 6.01. The van der Waals surface area contributed by atoms with Crippen LogP contribution in [0.15, 0.2) is 0 Å². The molecule has 1 aliphatic carbocycles. The summed E-state index contributed by atoms with van der Waals surface area (Å²) < 4.78 is 0. The fourth-order valence-electron chi connectivity index (χ4n) is 2.37. The Morgan fingerprint density at radius 3 is 2.53 bits per heavy atom. The maximum absolute atomic E-state index is 11.9. The van der Waals surface area contributed by atoms with Crippen molar-refractivity contribution in [3.63, 3.8) is 0 Å².